The summed E-state index contributed by atoms with van der Waals surface area (Å²) in [6, 6.07) is 15.1. The molecule has 19 heavy (non-hydrogen) atoms. The molecule has 0 saturated heterocycles. The van der Waals surface area contributed by atoms with Gasteiger partial charge in [0.2, 0.25) is 0 Å². The summed E-state index contributed by atoms with van der Waals surface area (Å²) < 4.78 is 1.56. The number of nitrogens with zero attached hydrogens (tertiary/aromatic N) is 2. The van der Waals surface area contributed by atoms with Crippen LogP contribution in [0.1, 0.15) is 11.1 Å². The van der Waals surface area contributed by atoms with Crippen molar-refractivity contribution in [3.63, 3.8) is 0 Å². The molecule has 5 heteroatoms. The highest BCUT2D eigenvalue weighted by molar-refractivity contribution is 9.10. The van der Waals surface area contributed by atoms with Crippen molar-refractivity contribution in [1.29, 1.82) is 10.5 Å². The topological polar surface area (TPSA) is 59.6 Å². The van der Waals surface area contributed by atoms with Crippen molar-refractivity contribution < 1.29 is 0 Å². The van der Waals surface area contributed by atoms with Crippen LogP contribution in [-0.4, -0.2) is 0 Å². The van der Waals surface area contributed by atoms with E-state index in [0.29, 0.717) is 22.5 Å². The summed E-state index contributed by atoms with van der Waals surface area (Å²) in [6.07, 6.45) is 0. The number of nitriles is 2. The number of rotatable bonds is 2. The highest BCUT2D eigenvalue weighted by Crippen LogP contribution is 2.29. The molecule has 0 bridgehead atoms. The van der Waals surface area contributed by atoms with Crippen molar-refractivity contribution in [3.8, 4) is 12.1 Å². The van der Waals surface area contributed by atoms with Crippen molar-refractivity contribution in [2.45, 2.75) is 0 Å². The van der Waals surface area contributed by atoms with Gasteiger partial charge in [-0.1, -0.05) is 22.0 Å². The second kappa shape index (κ2) is 5.88. The predicted octanol–water partition coefficient (Wildman–Crippen LogP) is 4.70. The minimum absolute atomic E-state index is 0.509. The van der Waals surface area contributed by atoms with Crippen LogP contribution in [0.4, 0.5) is 11.4 Å². The number of nitrogens with one attached hydrogen (secondary N) is 1. The minimum Gasteiger partial charge on any atom is -0.353 e. The number of benzene rings is 2. The van der Waals surface area contributed by atoms with Gasteiger partial charge in [-0.3, -0.25) is 0 Å². The molecule has 0 amide bonds. The summed E-state index contributed by atoms with van der Waals surface area (Å²) in [4.78, 5) is 0. The van der Waals surface area contributed by atoms with E-state index in [9.17, 15) is 0 Å². The molecule has 2 aromatic rings. The van der Waals surface area contributed by atoms with E-state index in [1.807, 2.05) is 12.1 Å². The third-order valence-corrected chi connectivity index (χ3v) is 3.65. The lowest BCUT2D eigenvalue weighted by atomic mass is 10.1. The Morgan fingerprint density at radius 1 is 0.947 bits per heavy atom. The third-order valence-electron chi connectivity index (χ3n) is 2.50. The SMILES string of the molecule is N#Cc1cc(Br)ccc1Nc1cccc(Br)c1C#N. The summed E-state index contributed by atoms with van der Waals surface area (Å²) in [5.74, 6) is 0. The lowest BCUT2D eigenvalue weighted by molar-refractivity contribution is 1.42. The van der Waals surface area contributed by atoms with Gasteiger partial charge in [0.1, 0.15) is 12.1 Å². The van der Waals surface area contributed by atoms with Gasteiger partial charge in [0.05, 0.1) is 22.5 Å². The zero-order valence-corrected chi connectivity index (χ0v) is 12.8. The molecule has 0 aliphatic rings. The maximum Gasteiger partial charge on any atom is 0.103 e. The van der Waals surface area contributed by atoms with E-state index in [4.69, 9.17) is 10.5 Å². The maximum atomic E-state index is 9.16. The molecule has 0 fully saturated rings. The van der Waals surface area contributed by atoms with E-state index >= 15 is 0 Å². The number of halogens is 2. The third kappa shape index (κ3) is 2.96. The monoisotopic (exact) mass is 375 g/mol. The molecular formula is C14H7Br2N3. The van der Waals surface area contributed by atoms with Gasteiger partial charge in [0, 0.05) is 8.95 Å². The standard InChI is InChI=1S/C14H7Br2N3/c15-10-4-5-13(9(6-10)7-17)19-14-3-1-2-12(16)11(14)8-18/h1-6,19H. The highest BCUT2D eigenvalue weighted by Gasteiger charge is 2.08. The van der Waals surface area contributed by atoms with Crippen LogP contribution >= 0.6 is 31.9 Å². The van der Waals surface area contributed by atoms with Crippen LogP contribution in [0.3, 0.4) is 0 Å². The Morgan fingerprint density at radius 3 is 2.42 bits per heavy atom. The first kappa shape index (κ1) is 13.6. The lowest BCUT2D eigenvalue weighted by Gasteiger charge is -2.10. The largest absolute Gasteiger partial charge is 0.353 e. The van der Waals surface area contributed by atoms with Crippen LogP contribution in [0, 0.1) is 22.7 Å². The summed E-state index contributed by atoms with van der Waals surface area (Å²) in [5, 5.41) is 21.4. The molecular weight excluding hydrogens is 370 g/mol. The Hall–Kier alpha value is -1.82. The summed E-state index contributed by atoms with van der Waals surface area (Å²) in [6.45, 7) is 0. The van der Waals surface area contributed by atoms with Crippen LogP contribution in [0.25, 0.3) is 0 Å². The fourth-order valence-corrected chi connectivity index (χ4v) is 2.42. The molecule has 92 valence electrons. The molecule has 0 atom stereocenters. The molecule has 0 unspecified atom stereocenters. The Kier molecular flexibility index (Phi) is 4.21. The van der Waals surface area contributed by atoms with E-state index in [-0.39, 0.29) is 0 Å². The fraction of sp³-hybridized carbons (Fsp3) is 0. The smallest absolute Gasteiger partial charge is 0.103 e. The highest BCUT2D eigenvalue weighted by atomic mass is 79.9. The first-order valence-electron chi connectivity index (χ1n) is 5.31. The fourth-order valence-electron chi connectivity index (χ4n) is 1.60. The molecule has 0 aliphatic heterocycles. The Bertz CT molecular complexity index is 712. The summed E-state index contributed by atoms with van der Waals surface area (Å²) >= 11 is 6.66. The van der Waals surface area contributed by atoms with Gasteiger partial charge in [0.25, 0.3) is 0 Å². The van der Waals surface area contributed by atoms with E-state index in [0.717, 1.165) is 8.95 Å². The van der Waals surface area contributed by atoms with Crippen LogP contribution in [-0.2, 0) is 0 Å². The van der Waals surface area contributed by atoms with Gasteiger partial charge >= 0.3 is 0 Å². The molecule has 0 radical (unpaired) electrons. The van der Waals surface area contributed by atoms with E-state index in [1.165, 1.54) is 0 Å². The van der Waals surface area contributed by atoms with E-state index < -0.39 is 0 Å². The van der Waals surface area contributed by atoms with Gasteiger partial charge in [-0.25, -0.2) is 0 Å². The Labute approximate surface area is 127 Å². The molecule has 2 aromatic carbocycles. The first-order valence-corrected chi connectivity index (χ1v) is 6.89. The molecule has 0 spiro atoms. The summed E-state index contributed by atoms with van der Waals surface area (Å²) in [7, 11) is 0. The predicted molar refractivity (Wildman–Crippen MR) is 81.0 cm³/mol. The van der Waals surface area contributed by atoms with Crippen LogP contribution in [0.2, 0.25) is 0 Å². The normalized spacial score (nSPS) is 9.47. The number of hydrogen-bond donors (Lipinski definition) is 1. The molecule has 0 aromatic heterocycles. The molecule has 0 saturated carbocycles. The van der Waals surface area contributed by atoms with Crippen molar-refractivity contribution in [2.75, 3.05) is 5.32 Å². The molecule has 2 rings (SSSR count). The molecule has 0 heterocycles. The van der Waals surface area contributed by atoms with Gasteiger partial charge in [-0.2, -0.15) is 10.5 Å². The van der Waals surface area contributed by atoms with Gasteiger partial charge < -0.3 is 5.32 Å². The number of hydrogen-bond acceptors (Lipinski definition) is 3. The van der Waals surface area contributed by atoms with Crippen molar-refractivity contribution in [2.24, 2.45) is 0 Å². The maximum absolute atomic E-state index is 9.16. The quantitative estimate of drug-likeness (QED) is 0.826. The lowest BCUT2D eigenvalue weighted by Crippen LogP contribution is -1.96. The van der Waals surface area contributed by atoms with Crippen LogP contribution < -0.4 is 5.32 Å². The van der Waals surface area contributed by atoms with Crippen molar-refractivity contribution in [1.82, 2.24) is 0 Å². The minimum atomic E-state index is 0.509. The van der Waals surface area contributed by atoms with Gasteiger partial charge in [0.15, 0.2) is 0 Å². The average Bonchev–Trinajstić information content (AvgIpc) is 2.41. The Morgan fingerprint density at radius 2 is 1.74 bits per heavy atom. The van der Waals surface area contributed by atoms with Gasteiger partial charge in [-0.05, 0) is 46.3 Å². The van der Waals surface area contributed by atoms with E-state index in [2.05, 4.69) is 49.3 Å². The Balaban J connectivity index is 2.46. The summed E-state index contributed by atoms with van der Waals surface area (Å²) in [5.41, 5.74) is 2.35. The zero-order chi connectivity index (χ0) is 13.8. The van der Waals surface area contributed by atoms with E-state index in [1.54, 1.807) is 24.3 Å². The first-order chi connectivity index (χ1) is 9.15. The van der Waals surface area contributed by atoms with Crippen LogP contribution in [0.15, 0.2) is 45.3 Å². The second-order valence-corrected chi connectivity index (χ2v) is 5.47. The number of anilines is 2. The van der Waals surface area contributed by atoms with Crippen LogP contribution in [0.5, 0.6) is 0 Å². The average molecular weight is 377 g/mol. The second-order valence-electron chi connectivity index (χ2n) is 3.70. The molecule has 0 aliphatic carbocycles. The molecule has 3 nitrogen and oxygen atoms in total. The van der Waals surface area contributed by atoms with Gasteiger partial charge in [-0.15, -0.1) is 0 Å². The molecule has 1 N–H and O–H groups in total. The zero-order valence-electron chi connectivity index (χ0n) is 9.61. The van der Waals surface area contributed by atoms with Crippen molar-refractivity contribution in [3.05, 3.63) is 56.5 Å². The van der Waals surface area contributed by atoms with Crippen molar-refractivity contribution >= 4 is 43.2 Å².